The molecule has 0 aromatic heterocycles. The molecule has 522 valence electrons. The van der Waals surface area contributed by atoms with E-state index in [1.165, 1.54) is 39.8 Å². The number of carbonyl (C=O) groups is 11. The zero-order chi connectivity index (χ0) is 69.4. The van der Waals surface area contributed by atoms with Gasteiger partial charge in [-0.15, -0.1) is 0 Å². The number of ether oxygens (including phenoxy) is 17. The van der Waals surface area contributed by atoms with E-state index in [9.17, 15) is 57.8 Å². The molecule has 0 bridgehead atoms. The van der Waals surface area contributed by atoms with Gasteiger partial charge in [0.05, 0.1) is 17.1 Å². The fourth-order valence-electron chi connectivity index (χ4n) is 10.2. The number of halogens is 3. The molecule has 4 aliphatic heterocycles. The molecule has 34 heteroatoms. The van der Waals surface area contributed by atoms with Crippen LogP contribution < -0.4 is 10.6 Å². The van der Waals surface area contributed by atoms with Gasteiger partial charge in [0.15, 0.2) is 61.8 Å². The smallest absolute Gasteiger partial charge is 0.338 e. The highest BCUT2D eigenvalue weighted by Gasteiger charge is 2.61. The lowest BCUT2D eigenvalue weighted by atomic mass is 9.93. The van der Waals surface area contributed by atoms with E-state index in [1.54, 1.807) is 18.2 Å². The summed E-state index contributed by atoms with van der Waals surface area (Å²) in [6.45, 7) is 13.4. The van der Waals surface area contributed by atoms with Crippen molar-refractivity contribution in [2.75, 3.05) is 26.4 Å². The number of nitrogens with one attached hydrogen (secondary N) is 2. The topological polar surface area (TPSA) is 389 Å². The number of rotatable bonds is 26. The molecular weight excluding hydrogens is 1310 g/mol. The number of benzene rings is 1. The maximum atomic E-state index is 14.0. The Kier molecular flexibility index (Phi) is 29.3. The van der Waals surface area contributed by atoms with Crippen molar-refractivity contribution < 1.29 is 138 Å². The Hall–Kier alpha value is -6.10. The average Bonchev–Trinajstić information content (AvgIpc) is 0.771. The van der Waals surface area contributed by atoms with Crippen molar-refractivity contribution in [3.05, 3.63) is 35.9 Å². The van der Waals surface area contributed by atoms with Gasteiger partial charge in [0.2, 0.25) is 5.91 Å². The van der Waals surface area contributed by atoms with Gasteiger partial charge in [-0.25, -0.2) is 4.79 Å². The van der Waals surface area contributed by atoms with E-state index in [2.05, 4.69) is 10.6 Å². The van der Waals surface area contributed by atoms with Crippen molar-refractivity contribution in [1.29, 1.82) is 0 Å². The Labute approximate surface area is 550 Å². The number of carbonyl (C=O) groups excluding carboxylic acids is 11. The quantitative estimate of drug-likeness (QED) is 0.0519. The van der Waals surface area contributed by atoms with E-state index < -0.39 is 217 Å². The Morgan fingerprint density at radius 2 is 0.957 bits per heavy atom. The summed E-state index contributed by atoms with van der Waals surface area (Å²) in [5.41, 5.74) is -1.16. The zero-order valence-corrected chi connectivity index (χ0v) is 55.7. The predicted molar refractivity (Wildman–Crippen MR) is 313 cm³/mol. The lowest BCUT2D eigenvalue weighted by Crippen LogP contribution is -2.71. The van der Waals surface area contributed by atoms with E-state index in [0.717, 1.165) is 61.8 Å². The number of unbranched alkanes of at least 4 members (excludes halogenated alkanes) is 2. The minimum Gasteiger partial charge on any atom is -0.463 e. The van der Waals surface area contributed by atoms with Crippen LogP contribution in [-0.4, -0.2) is 224 Å². The van der Waals surface area contributed by atoms with E-state index in [4.69, 9.17) is 115 Å². The van der Waals surface area contributed by atoms with Gasteiger partial charge in [0, 0.05) is 62.0 Å². The van der Waals surface area contributed by atoms with Crippen LogP contribution in [0.3, 0.4) is 0 Å². The Balaban J connectivity index is 1.85. The monoisotopic (exact) mass is 1390 g/mol. The van der Waals surface area contributed by atoms with Gasteiger partial charge < -0.3 is 96.3 Å². The molecule has 4 heterocycles. The first-order chi connectivity index (χ1) is 43.5. The molecule has 93 heavy (non-hydrogen) atoms. The van der Waals surface area contributed by atoms with Crippen molar-refractivity contribution in [2.45, 2.75) is 236 Å². The molecule has 3 N–H and O–H groups in total. The number of hydrogen-bond donors (Lipinski definition) is 3. The predicted octanol–water partition coefficient (Wildman–Crippen LogP) is 2.59. The first kappa shape index (κ1) is 77.6. The molecule has 31 nitrogen and oxygen atoms in total. The molecule has 0 radical (unpaired) electrons. The number of alkyl halides is 3. The van der Waals surface area contributed by atoms with Crippen LogP contribution in [0, 0.1) is 5.41 Å². The second-order valence-electron chi connectivity index (χ2n) is 23.0. The summed E-state index contributed by atoms with van der Waals surface area (Å²) in [7, 11) is 0. The summed E-state index contributed by atoms with van der Waals surface area (Å²) in [6.07, 6.45) is -31.7. The molecule has 1 aromatic rings. The molecule has 0 unspecified atom stereocenters. The minimum absolute atomic E-state index is 0.0365. The molecule has 20 atom stereocenters. The Morgan fingerprint density at radius 1 is 0.495 bits per heavy atom. The van der Waals surface area contributed by atoms with Crippen LogP contribution in [0.25, 0.3) is 0 Å². The highest BCUT2D eigenvalue weighted by Crippen LogP contribution is 2.40. The maximum absolute atomic E-state index is 14.0. The van der Waals surface area contributed by atoms with Crippen LogP contribution in [0.5, 0.6) is 0 Å². The Morgan fingerprint density at radius 3 is 1.51 bits per heavy atom. The van der Waals surface area contributed by atoms with Gasteiger partial charge in [-0.1, -0.05) is 72.8 Å². The second-order valence-corrected chi connectivity index (χ2v) is 25.3. The van der Waals surface area contributed by atoms with E-state index in [0.29, 0.717) is 12.8 Å². The largest absolute Gasteiger partial charge is 0.463 e. The first-order valence-corrected chi connectivity index (χ1v) is 30.7. The van der Waals surface area contributed by atoms with Crippen molar-refractivity contribution in [3.8, 4) is 0 Å². The van der Waals surface area contributed by atoms with Crippen molar-refractivity contribution >= 4 is 100 Å². The van der Waals surface area contributed by atoms with Crippen molar-refractivity contribution in [3.63, 3.8) is 0 Å². The van der Waals surface area contributed by atoms with Crippen LogP contribution in [0.4, 0.5) is 0 Å². The molecule has 5 rings (SSSR count). The molecule has 4 saturated heterocycles. The molecule has 0 spiro atoms. The SMILES string of the molecule is CCCCCO[C@@H]1O[C@H](COC(=O)c2ccccc2)[C@@H](O[C@@H]2O[C@H](COC(=O)C(C)(C)C)[C@H](OC(C)=O)[C@H](O[C@@H]3O[C@H](COC(C)=O)[C@@H](OC(C)=O)[C@H](O)[C@H]3NC(=O)C(Cl)(Cl)Cl)[C@H]2OC(C)=O)[C@H](O[C@@H]2O[C@@H](C)[C@H](OC(C)=O)[C@@H](OC(C)=O)[C@H]2OC(C)=O)[C@H]1NC(C)=O. The van der Waals surface area contributed by atoms with Crippen LogP contribution in [0.1, 0.15) is 120 Å². The summed E-state index contributed by atoms with van der Waals surface area (Å²) in [5, 5.41) is 17.2. The van der Waals surface area contributed by atoms with Gasteiger partial charge in [0.25, 0.3) is 9.70 Å². The lowest BCUT2D eigenvalue weighted by molar-refractivity contribution is -0.383. The Bertz CT molecular complexity index is 2770. The third kappa shape index (κ3) is 22.8. The van der Waals surface area contributed by atoms with Crippen LogP contribution in [0.2, 0.25) is 0 Å². The fraction of sp³-hybridized carbons (Fsp3) is 0.712. The standard InChI is InChI=1S/C59H81Cl3N2O29/c1-14-15-19-22-77-52-40(63-27(3)65)46(92-54-49(86-33(9)71)47(85-32(8)70)42(26(2)81-54)82-29(5)67)44(37(88-52)24-79-51(74)35-20-17-16-18-21-35)91-55-50(87-34(10)72)48(45(84-31(7)69)38(90-55)25-80-57(76)58(11,12)13)93-53-39(64-56(75)59(60,61)62)41(73)43(83-30(6)68)36(89-53)23-78-28(4)66/h16-18,20-21,26,36-50,52-55,73H,14-15,19,22-25H2,1-13H3,(H,63,65)(H,64,75)/t26-,36+,37+,38+,39+,40+,41+,42-,43+,44+,45-,46+,47+,48-,49+,50+,52+,53-,54-,55-/m0/s1. The number of amides is 2. The van der Waals surface area contributed by atoms with Gasteiger partial charge in [-0.2, -0.15) is 0 Å². The summed E-state index contributed by atoms with van der Waals surface area (Å²) in [5.74, 6) is -10.9. The number of hydrogen-bond acceptors (Lipinski definition) is 29. The number of esters is 9. The average molecular weight is 1390 g/mol. The molecular formula is C59H81Cl3N2O29. The third-order valence-corrected chi connectivity index (χ3v) is 14.6. The van der Waals surface area contributed by atoms with Gasteiger partial charge >= 0.3 is 53.7 Å². The van der Waals surface area contributed by atoms with E-state index in [1.807, 2.05) is 6.92 Å². The normalized spacial score (nSPS) is 31.2. The molecule has 4 aliphatic rings. The van der Waals surface area contributed by atoms with Crippen LogP contribution >= 0.6 is 34.8 Å². The highest BCUT2D eigenvalue weighted by atomic mass is 35.6. The number of aliphatic hydroxyl groups is 1. The summed E-state index contributed by atoms with van der Waals surface area (Å²) >= 11 is 18.0. The first-order valence-electron chi connectivity index (χ1n) is 29.6. The highest BCUT2D eigenvalue weighted by molar-refractivity contribution is 6.76. The number of aliphatic hydroxyl groups excluding tert-OH is 1. The molecule has 4 fully saturated rings. The van der Waals surface area contributed by atoms with Crippen molar-refractivity contribution in [1.82, 2.24) is 10.6 Å². The van der Waals surface area contributed by atoms with Gasteiger partial charge in [-0.05, 0) is 46.2 Å². The zero-order valence-electron chi connectivity index (χ0n) is 53.4. The lowest BCUT2D eigenvalue weighted by Gasteiger charge is -2.52. The third-order valence-electron chi connectivity index (χ3n) is 14.1. The molecule has 2 amide bonds. The van der Waals surface area contributed by atoms with Gasteiger partial charge in [0.1, 0.15) is 74.6 Å². The van der Waals surface area contributed by atoms with Crippen molar-refractivity contribution in [2.24, 2.45) is 5.41 Å². The summed E-state index contributed by atoms with van der Waals surface area (Å²) < 4.78 is 101. The van der Waals surface area contributed by atoms with Crippen LogP contribution in [0.15, 0.2) is 30.3 Å². The molecule has 1 aromatic carbocycles. The van der Waals surface area contributed by atoms with Gasteiger partial charge in [-0.3, -0.25) is 47.9 Å². The van der Waals surface area contributed by atoms with E-state index in [-0.39, 0.29) is 12.2 Å². The molecule has 0 saturated carbocycles. The van der Waals surface area contributed by atoms with Crippen LogP contribution in [-0.2, 0) is 128 Å². The van der Waals surface area contributed by atoms with E-state index >= 15 is 0 Å². The maximum Gasteiger partial charge on any atom is 0.338 e. The molecule has 0 aliphatic carbocycles. The minimum atomic E-state index is -2.79. The summed E-state index contributed by atoms with van der Waals surface area (Å²) in [4.78, 5) is 145. The fourth-order valence-corrected chi connectivity index (χ4v) is 10.4. The second kappa shape index (κ2) is 35.1. The summed E-state index contributed by atoms with van der Waals surface area (Å²) in [6, 6.07) is 4.01.